The first kappa shape index (κ1) is 23.6. The van der Waals surface area contributed by atoms with Crippen LogP contribution in [0.2, 0.25) is 0 Å². The SMILES string of the molecule is COCC1COCCC12CCN(Cc1ccccc1F)CC2.O=C(O)C(F)(F)F. The fourth-order valence-electron chi connectivity index (χ4n) is 3.99. The van der Waals surface area contributed by atoms with Crippen LogP contribution in [0.4, 0.5) is 17.6 Å². The maximum atomic E-state index is 13.8. The Kier molecular flexibility index (Phi) is 8.42. The topological polar surface area (TPSA) is 59.0 Å². The average Bonchev–Trinajstić information content (AvgIpc) is 2.67. The summed E-state index contributed by atoms with van der Waals surface area (Å²) < 4.78 is 56.6. The molecule has 1 N–H and O–H groups in total. The van der Waals surface area contributed by atoms with Gasteiger partial charge in [-0.3, -0.25) is 4.90 Å². The molecule has 1 unspecified atom stereocenters. The molecule has 0 amide bonds. The lowest BCUT2D eigenvalue weighted by Crippen LogP contribution is -2.49. The van der Waals surface area contributed by atoms with E-state index in [9.17, 15) is 17.6 Å². The highest BCUT2D eigenvalue weighted by molar-refractivity contribution is 5.73. The van der Waals surface area contributed by atoms with Crippen LogP contribution in [-0.2, 0) is 20.8 Å². The number of aliphatic carboxylic acids is 1. The number of carbonyl (C=O) groups is 1. The molecule has 0 radical (unpaired) electrons. The Balaban J connectivity index is 0.000000370. The Bertz CT molecular complexity index is 658. The van der Waals surface area contributed by atoms with Crippen molar-refractivity contribution in [1.82, 2.24) is 4.90 Å². The maximum absolute atomic E-state index is 13.8. The molecule has 1 aromatic carbocycles. The number of nitrogens with zero attached hydrogens (tertiary/aromatic N) is 1. The molecule has 3 rings (SSSR count). The van der Waals surface area contributed by atoms with Gasteiger partial charge in [0.15, 0.2) is 0 Å². The molecule has 2 fully saturated rings. The van der Waals surface area contributed by atoms with Crippen molar-refractivity contribution >= 4 is 5.97 Å². The standard InChI is InChI=1S/C18H26FNO2.C2HF3O2/c1-21-13-16-14-22-11-8-18(16)6-9-20(10-7-18)12-15-4-2-3-5-17(15)19;3-2(4,5)1(6)7/h2-5,16H,6-14H2,1H3;(H,6,7). The number of hydrogen-bond acceptors (Lipinski definition) is 4. The first-order valence-corrected chi connectivity index (χ1v) is 9.50. The summed E-state index contributed by atoms with van der Waals surface area (Å²) in [6.45, 7) is 5.26. The van der Waals surface area contributed by atoms with Crippen LogP contribution in [0.25, 0.3) is 0 Å². The number of rotatable bonds is 4. The minimum atomic E-state index is -5.08. The number of carboxylic acid groups (broad SMARTS) is 1. The van der Waals surface area contributed by atoms with Gasteiger partial charge in [0.25, 0.3) is 0 Å². The highest BCUT2D eigenvalue weighted by Crippen LogP contribution is 2.45. The van der Waals surface area contributed by atoms with Crippen LogP contribution >= 0.6 is 0 Å². The molecule has 0 saturated carbocycles. The summed E-state index contributed by atoms with van der Waals surface area (Å²) in [6.07, 6.45) is -1.62. The lowest BCUT2D eigenvalue weighted by Gasteiger charge is -2.49. The molecule has 29 heavy (non-hydrogen) atoms. The van der Waals surface area contributed by atoms with Gasteiger partial charge in [-0.05, 0) is 43.8 Å². The smallest absolute Gasteiger partial charge is 0.475 e. The number of piperidine rings is 1. The highest BCUT2D eigenvalue weighted by Gasteiger charge is 2.43. The van der Waals surface area contributed by atoms with E-state index in [1.807, 2.05) is 12.1 Å². The van der Waals surface area contributed by atoms with E-state index in [0.29, 0.717) is 17.9 Å². The van der Waals surface area contributed by atoms with E-state index in [2.05, 4.69) is 4.90 Å². The zero-order valence-electron chi connectivity index (χ0n) is 16.4. The van der Waals surface area contributed by atoms with Crippen molar-refractivity contribution in [3.05, 3.63) is 35.6 Å². The predicted octanol–water partition coefficient (Wildman–Crippen LogP) is 3.72. The molecule has 0 aromatic heterocycles. The number of likely N-dealkylation sites (tertiary alicyclic amines) is 1. The van der Waals surface area contributed by atoms with Gasteiger partial charge in [0.1, 0.15) is 5.82 Å². The van der Waals surface area contributed by atoms with Gasteiger partial charge < -0.3 is 14.6 Å². The molecule has 1 atom stereocenters. The molecule has 0 aliphatic carbocycles. The minimum absolute atomic E-state index is 0.0916. The molecule has 0 bridgehead atoms. The minimum Gasteiger partial charge on any atom is -0.475 e. The Morgan fingerprint density at radius 1 is 1.28 bits per heavy atom. The van der Waals surface area contributed by atoms with Crippen molar-refractivity contribution < 1.29 is 36.9 Å². The molecule has 1 aromatic rings. The molecule has 5 nitrogen and oxygen atoms in total. The first-order valence-electron chi connectivity index (χ1n) is 9.50. The molecule has 1 spiro atoms. The lowest BCUT2D eigenvalue weighted by molar-refractivity contribution is -0.192. The number of hydrogen-bond donors (Lipinski definition) is 1. The normalized spacial score (nSPS) is 22.0. The second-order valence-corrected chi connectivity index (χ2v) is 7.51. The highest BCUT2D eigenvalue weighted by atomic mass is 19.4. The van der Waals surface area contributed by atoms with Gasteiger partial charge in [-0.25, -0.2) is 9.18 Å². The van der Waals surface area contributed by atoms with Gasteiger partial charge in [-0.15, -0.1) is 0 Å². The summed E-state index contributed by atoms with van der Waals surface area (Å²) >= 11 is 0. The summed E-state index contributed by atoms with van der Waals surface area (Å²) in [5.41, 5.74) is 1.17. The zero-order chi connectivity index (χ0) is 21.5. The second kappa shape index (κ2) is 10.4. The van der Waals surface area contributed by atoms with E-state index in [1.54, 1.807) is 19.2 Å². The van der Waals surface area contributed by atoms with Gasteiger partial charge in [-0.1, -0.05) is 18.2 Å². The van der Waals surface area contributed by atoms with E-state index < -0.39 is 12.1 Å². The first-order chi connectivity index (χ1) is 13.7. The van der Waals surface area contributed by atoms with E-state index in [0.717, 1.165) is 44.9 Å². The molecule has 2 aliphatic rings. The number of halogens is 4. The van der Waals surface area contributed by atoms with Crippen molar-refractivity contribution in [2.24, 2.45) is 11.3 Å². The Morgan fingerprint density at radius 3 is 2.45 bits per heavy atom. The Morgan fingerprint density at radius 2 is 1.90 bits per heavy atom. The van der Waals surface area contributed by atoms with E-state index in [4.69, 9.17) is 19.4 Å². The van der Waals surface area contributed by atoms with Gasteiger partial charge in [-0.2, -0.15) is 13.2 Å². The Hall–Kier alpha value is -1.71. The van der Waals surface area contributed by atoms with Crippen LogP contribution in [0, 0.1) is 17.2 Å². The summed E-state index contributed by atoms with van der Waals surface area (Å²) in [5.74, 6) is -2.35. The molecule has 9 heteroatoms. The number of benzene rings is 1. The third-order valence-electron chi connectivity index (χ3n) is 5.74. The van der Waals surface area contributed by atoms with Gasteiger partial charge in [0, 0.05) is 31.7 Å². The molecule has 2 aliphatic heterocycles. The van der Waals surface area contributed by atoms with Crippen LogP contribution < -0.4 is 0 Å². The predicted molar refractivity (Wildman–Crippen MR) is 97.8 cm³/mol. The second-order valence-electron chi connectivity index (χ2n) is 7.51. The van der Waals surface area contributed by atoms with Crippen molar-refractivity contribution in [2.45, 2.75) is 32.0 Å². The summed E-state index contributed by atoms with van der Waals surface area (Å²) in [7, 11) is 1.77. The number of carboxylic acids is 1. The van der Waals surface area contributed by atoms with Crippen LogP contribution in [0.5, 0.6) is 0 Å². The lowest BCUT2D eigenvalue weighted by atomic mass is 9.66. The number of methoxy groups -OCH3 is 1. The van der Waals surface area contributed by atoms with Crippen molar-refractivity contribution in [2.75, 3.05) is 40.0 Å². The third kappa shape index (κ3) is 6.65. The van der Waals surface area contributed by atoms with Crippen LogP contribution in [-0.4, -0.2) is 62.2 Å². The molecule has 2 saturated heterocycles. The fourth-order valence-corrected chi connectivity index (χ4v) is 3.99. The average molecular weight is 421 g/mol. The van der Waals surface area contributed by atoms with E-state index >= 15 is 0 Å². The third-order valence-corrected chi connectivity index (χ3v) is 5.74. The van der Waals surface area contributed by atoms with Crippen molar-refractivity contribution in [3.63, 3.8) is 0 Å². The quantitative estimate of drug-likeness (QED) is 0.751. The fraction of sp³-hybridized carbons (Fsp3) is 0.650. The maximum Gasteiger partial charge on any atom is 0.490 e. The summed E-state index contributed by atoms with van der Waals surface area (Å²) in [5, 5.41) is 7.12. The summed E-state index contributed by atoms with van der Waals surface area (Å²) in [4.78, 5) is 11.3. The zero-order valence-corrected chi connectivity index (χ0v) is 16.4. The molecular formula is C20H27F4NO4. The molecule has 164 valence electrons. The van der Waals surface area contributed by atoms with Crippen LogP contribution in [0.3, 0.4) is 0 Å². The summed E-state index contributed by atoms with van der Waals surface area (Å²) in [6, 6.07) is 7.11. The van der Waals surface area contributed by atoms with Gasteiger partial charge in [0.2, 0.25) is 0 Å². The Labute approximate surface area is 167 Å². The number of ether oxygens (including phenoxy) is 2. The molecular weight excluding hydrogens is 394 g/mol. The van der Waals surface area contributed by atoms with Crippen molar-refractivity contribution in [1.29, 1.82) is 0 Å². The molecule has 2 heterocycles. The largest absolute Gasteiger partial charge is 0.490 e. The van der Waals surface area contributed by atoms with E-state index in [1.165, 1.54) is 12.8 Å². The monoisotopic (exact) mass is 421 g/mol. The van der Waals surface area contributed by atoms with E-state index in [-0.39, 0.29) is 5.82 Å². The number of alkyl halides is 3. The van der Waals surface area contributed by atoms with Crippen molar-refractivity contribution in [3.8, 4) is 0 Å². The van der Waals surface area contributed by atoms with Crippen LogP contribution in [0.15, 0.2) is 24.3 Å². The van der Waals surface area contributed by atoms with Crippen LogP contribution in [0.1, 0.15) is 24.8 Å². The van der Waals surface area contributed by atoms with Gasteiger partial charge >= 0.3 is 12.1 Å². The van der Waals surface area contributed by atoms with Gasteiger partial charge in [0.05, 0.1) is 13.2 Å².